The molecular formula is C7H11NO2. The van der Waals surface area contributed by atoms with Crippen LogP contribution in [0, 0.1) is 0 Å². The lowest BCUT2D eigenvalue weighted by molar-refractivity contribution is 0.415. The van der Waals surface area contributed by atoms with Crippen molar-refractivity contribution < 1.29 is 10.2 Å². The summed E-state index contributed by atoms with van der Waals surface area (Å²) in [5.74, 6) is 0.837. The molecular weight excluding hydrogens is 130 g/mol. The highest BCUT2D eigenvalue weighted by Crippen LogP contribution is 2.11. The third kappa shape index (κ3) is 1.95. The van der Waals surface area contributed by atoms with Crippen molar-refractivity contribution in [2.45, 2.75) is 0 Å². The second-order valence-electron chi connectivity index (χ2n) is 1.77. The molecule has 1 aromatic rings. The number of hydrogen-bond acceptors (Lipinski definition) is 2. The Labute approximate surface area is 59.7 Å². The standard InChI is InChI=1S/C7H9NO.H2O/c1-9-7-4-2-6(8)3-5-7;/h2-5H,8H2,1H3;1H2. The van der Waals surface area contributed by atoms with Gasteiger partial charge < -0.3 is 15.9 Å². The Balaban J connectivity index is 0.000000810. The minimum Gasteiger partial charge on any atom is -0.497 e. The van der Waals surface area contributed by atoms with Crippen LogP contribution in [0.15, 0.2) is 24.3 Å². The van der Waals surface area contributed by atoms with Crippen molar-refractivity contribution in [2.24, 2.45) is 0 Å². The van der Waals surface area contributed by atoms with Gasteiger partial charge in [-0.05, 0) is 24.3 Å². The lowest BCUT2D eigenvalue weighted by Gasteiger charge is -1.97. The van der Waals surface area contributed by atoms with Gasteiger partial charge in [-0.2, -0.15) is 0 Å². The van der Waals surface area contributed by atoms with E-state index in [-0.39, 0.29) is 5.48 Å². The zero-order valence-corrected chi connectivity index (χ0v) is 5.79. The molecule has 0 fully saturated rings. The predicted molar refractivity (Wildman–Crippen MR) is 41.0 cm³/mol. The SMILES string of the molecule is COc1ccc(N)cc1.O. The summed E-state index contributed by atoms with van der Waals surface area (Å²) in [5, 5.41) is 0. The Morgan fingerprint density at radius 2 is 1.70 bits per heavy atom. The zero-order chi connectivity index (χ0) is 6.69. The second-order valence-corrected chi connectivity index (χ2v) is 1.77. The summed E-state index contributed by atoms with van der Waals surface area (Å²) >= 11 is 0. The van der Waals surface area contributed by atoms with E-state index in [2.05, 4.69) is 0 Å². The maximum absolute atomic E-state index is 5.43. The highest BCUT2D eigenvalue weighted by molar-refractivity contribution is 5.41. The van der Waals surface area contributed by atoms with Gasteiger partial charge in [0.05, 0.1) is 7.11 Å². The van der Waals surface area contributed by atoms with Crippen molar-refractivity contribution >= 4 is 5.69 Å². The number of anilines is 1. The van der Waals surface area contributed by atoms with Gasteiger partial charge in [-0.15, -0.1) is 0 Å². The summed E-state index contributed by atoms with van der Waals surface area (Å²) in [7, 11) is 1.63. The van der Waals surface area contributed by atoms with E-state index in [1.54, 1.807) is 19.2 Å². The van der Waals surface area contributed by atoms with Crippen LogP contribution in [0.3, 0.4) is 0 Å². The topological polar surface area (TPSA) is 66.8 Å². The molecule has 1 rings (SSSR count). The van der Waals surface area contributed by atoms with Crippen molar-refractivity contribution in [3.8, 4) is 5.75 Å². The van der Waals surface area contributed by atoms with Crippen LogP contribution in [0.25, 0.3) is 0 Å². The van der Waals surface area contributed by atoms with Crippen LogP contribution in [0.1, 0.15) is 0 Å². The van der Waals surface area contributed by atoms with Crippen LogP contribution in [-0.2, 0) is 0 Å². The van der Waals surface area contributed by atoms with Gasteiger partial charge >= 0.3 is 0 Å². The van der Waals surface area contributed by atoms with Gasteiger partial charge in [0.15, 0.2) is 0 Å². The van der Waals surface area contributed by atoms with Gasteiger partial charge in [-0.3, -0.25) is 0 Å². The highest BCUT2D eigenvalue weighted by atomic mass is 16.5. The molecule has 10 heavy (non-hydrogen) atoms. The van der Waals surface area contributed by atoms with Crippen molar-refractivity contribution in [3.05, 3.63) is 24.3 Å². The summed E-state index contributed by atoms with van der Waals surface area (Å²) < 4.78 is 4.91. The molecule has 1 aromatic carbocycles. The average molecular weight is 141 g/mol. The Hall–Kier alpha value is -1.22. The van der Waals surface area contributed by atoms with E-state index >= 15 is 0 Å². The number of rotatable bonds is 1. The largest absolute Gasteiger partial charge is 0.497 e. The third-order valence-corrected chi connectivity index (χ3v) is 1.12. The van der Waals surface area contributed by atoms with E-state index in [1.807, 2.05) is 12.1 Å². The summed E-state index contributed by atoms with van der Waals surface area (Å²) in [6, 6.07) is 7.27. The molecule has 0 amide bonds. The van der Waals surface area contributed by atoms with E-state index in [4.69, 9.17) is 10.5 Å². The van der Waals surface area contributed by atoms with Crippen LogP contribution < -0.4 is 10.5 Å². The summed E-state index contributed by atoms with van der Waals surface area (Å²) in [6.07, 6.45) is 0. The molecule has 0 aliphatic rings. The summed E-state index contributed by atoms with van der Waals surface area (Å²) in [4.78, 5) is 0. The number of methoxy groups -OCH3 is 1. The van der Waals surface area contributed by atoms with Gasteiger partial charge in [-0.1, -0.05) is 0 Å². The number of hydrogen-bond donors (Lipinski definition) is 1. The molecule has 0 spiro atoms. The molecule has 0 aliphatic carbocycles. The first-order chi connectivity index (χ1) is 4.33. The number of benzene rings is 1. The fourth-order valence-corrected chi connectivity index (χ4v) is 0.604. The van der Waals surface area contributed by atoms with Crippen LogP contribution in [0.4, 0.5) is 5.69 Å². The lowest BCUT2D eigenvalue weighted by Crippen LogP contribution is -1.84. The van der Waals surface area contributed by atoms with E-state index in [0.717, 1.165) is 11.4 Å². The quantitative estimate of drug-likeness (QED) is 0.577. The lowest BCUT2D eigenvalue weighted by atomic mass is 10.3. The molecule has 4 N–H and O–H groups in total. The molecule has 0 saturated heterocycles. The smallest absolute Gasteiger partial charge is 0.119 e. The first-order valence-corrected chi connectivity index (χ1v) is 2.72. The van der Waals surface area contributed by atoms with Gasteiger partial charge in [-0.25, -0.2) is 0 Å². The Morgan fingerprint density at radius 1 is 1.20 bits per heavy atom. The van der Waals surface area contributed by atoms with Crippen LogP contribution in [0.5, 0.6) is 5.75 Å². The van der Waals surface area contributed by atoms with Crippen LogP contribution >= 0.6 is 0 Å². The maximum atomic E-state index is 5.43. The predicted octanol–water partition coefficient (Wildman–Crippen LogP) is 0.453. The monoisotopic (exact) mass is 141 g/mol. The van der Waals surface area contributed by atoms with Crippen LogP contribution in [-0.4, -0.2) is 12.6 Å². The molecule has 0 radical (unpaired) electrons. The van der Waals surface area contributed by atoms with Crippen molar-refractivity contribution in [1.29, 1.82) is 0 Å². The fraction of sp³-hybridized carbons (Fsp3) is 0.143. The molecule has 56 valence electrons. The van der Waals surface area contributed by atoms with E-state index in [9.17, 15) is 0 Å². The first kappa shape index (κ1) is 8.78. The molecule has 0 atom stereocenters. The fourth-order valence-electron chi connectivity index (χ4n) is 0.604. The molecule has 3 heteroatoms. The third-order valence-electron chi connectivity index (χ3n) is 1.12. The molecule has 0 heterocycles. The molecule has 0 aliphatic heterocycles. The first-order valence-electron chi connectivity index (χ1n) is 2.72. The highest BCUT2D eigenvalue weighted by Gasteiger charge is 1.85. The summed E-state index contributed by atoms with van der Waals surface area (Å²) in [5.41, 5.74) is 6.19. The normalized spacial score (nSPS) is 8.10. The second kappa shape index (κ2) is 3.74. The maximum Gasteiger partial charge on any atom is 0.119 e. The molecule has 3 nitrogen and oxygen atoms in total. The average Bonchev–Trinajstić information content (AvgIpc) is 1.90. The van der Waals surface area contributed by atoms with Crippen molar-refractivity contribution in [1.82, 2.24) is 0 Å². The van der Waals surface area contributed by atoms with Crippen molar-refractivity contribution in [3.63, 3.8) is 0 Å². The van der Waals surface area contributed by atoms with Crippen LogP contribution in [0.2, 0.25) is 0 Å². The van der Waals surface area contributed by atoms with E-state index in [1.165, 1.54) is 0 Å². The van der Waals surface area contributed by atoms with Gasteiger partial charge in [0.1, 0.15) is 5.75 Å². The summed E-state index contributed by atoms with van der Waals surface area (Å²) in [6.45, 7) is 0. The van der Waals surface area contributed by atoms with Crippen molar-refractivity contribution in [2.75, 3.05) is 12.8 Å². The molecule has 0 saturated carbocycles. The van der Waals surface area contributed by atoms with E-state index in [0.29, 0.717) is 0 Å². The van der Waals surface area contributed by atoms with Gasteiger partial charge in [0.2, 0.25) is 0 Å². The number of nitrogens with two attached hydrogens (primary N) is 1. The number of nitrogen functional groups attached to an aromatic ring is 1. The molecule has 0 bridgehead atoms. The Kier molecular flexibility index (Phi) is 3.28. The van der Waals surface area contributed by atoms with E-state index < -0.39 is 0 Å². The van der Waals surface area contributed by atoms with Gasteiger partial charge in [0.25, 0.3) is 0 Å². The minimum absolute atomic E-state index is 0. The zero-order valence-electron chi connectivity index (χ0n) is 5.79. The van der Waals surface area contributed by atoms with Gasteiger partial charge in [0, 0.05) is 5.69 Å². The number of ether oxygens (including phenoxy) is 1. The Morgan fingerprint density at radius 3 is 2.10 bits per heavy atom. The molecule has 0 aromatic heterocycles. The Bertz CT molecular complexity index is 183. The minimum atomic E-state index is 0. The molecule has 0 unspecified atom stereocenters.